The van der Waals surface area contributed by atoms with Crippen molar-refractivity contribution < 1.29 is 9.21 Å². The van der Waals surface area contributed by atoms with E-state index >= 15 is 0 Å². The summed E-state index contributed by atoms with van der Waals surface area (Å²) in [4.78, 5) is 17.0. The summed E-state index contributed by atoms with van der Waals surface area (Å²) < 4.78 is 5.76. The van der Waals surface area contributed by atoms with Gasteiger partial charge in [-0.2, -0.15) is 0 Å². The van der Waals surface area contributed by atoms with Crippen LogP contribution in [-0.2, 0) is 6.42 Å². The SMILES string of the molecule is O=C(C=CN1CCc2sccc2C1c1ccc(Cl)s1)c1ccoc1. The first-order valence-corrected chi connectivity index (χ1v) is 9.62. The van der Waals surface area contributed by atoms with Gasteiger partial charge in [-0.3, -0.25) is 4.79 Å². The van der Waals surface area contributed by atoms with Crippen molar-refractivity contribution in [1.29, 1.82) is 0 Å². The molecule has 1 aliphatic heterocycles. The minimum atomic E-state index is -0.0529. The summed E-state index contributed by atoms with van der Waals surface area (Å²) in [6.45, 7) is 0.878. The van der Waals surface area contributed by atoms with Crippen LogP contribution in [0.15, 0.2) is 58.9 Å². The summed E-state index contributed by atoms with van der Waals surface area (Å²) in [7, 11) is 0. The average Bonchev–Trinajstić information content (AvgIpc) is 3.32. The van der Waals surface area contributed by atoms with Gasteiger partial charge in [0, 0.05) is 28.6 Å². The van der Waals surface area contributed by atoms with Gasteiger partial charge in [0.05, 0.1) is 22.2 Å². The Labute approximate surface area is 152 Å². The molecule has 0 amide bonds. The van der Waals surface area contributed by atoms with Crippen molar-refractivity contribution in [1.82, 2.24) is 4.90 Å². The van der Waals surface area contributed by atoms with Crippen LogP contribution in [0.2, 0.25) is 4.34 Å². The fraction of sp³-hybridized carbons (Fsp3) is 0.167. The minimum Gasteiger partial charge on any atom is -0.472 e. The van der Waals surface area contributed by atoms with Crippen molar-refractivity contribution in [2.45, 2.75) is 12.5 Å². The zero-order valence-electron chi connectivity index (χ0n) is 12.6. The Morgan fingerprint density at radius 1 is 1.33 bits per heavy atom. The molecule has 1 aliphatic rings. The van der Waals surface area contributed by atoms with Crippen LogP contribution in [0.5, 0.6) is 0 Å². The highest BCUT2D eigenvalue weighted by atomic mass is 35.5. The molecule has 0 N–H and O–H groups in total. The topological polar surface area (TPSA) is 33.5 Å². The summed E-state index contributed by atoms with van der Waals surface area (Å²) in [6, 6.07) is 7.97. The van der Waals surface area contributed by atoms with Crippen LogP contribution in [0.4, 0.5) is 0 Å². The number of hydrogen-bond donors (Lipinski definition) is 0. The molecule has 3 aromatic rings. The summed E-state index contributed by atoms with van der Waals surface area (Å²) in [6.07, 6.45) is 7.48. The van der Waals surface area contributed by atoms with Gasteiger partial charge < -0.3 is 9.32 Å². The van der Waals surface area contributed by atoms with E-state index in [2.05, 4.69) is 22.4 Å². The number of thiophene rings is 2. The number of furan rings is 1. The Balaban J connectivity index is 1.65. The molecule has 6 heteroatoms. The van der Waals surface area contributed by atoms with Crippen molar-refractivity contribution >= 4 is 40.1 Å². The van der Waals surface area contributed by atoms with Gasteiger partial charge in [0.15, 0.2) is 5.78 Å². The first-order valence-electron chi connectivity index (χ1n) is 7.54. The van der Waals surface area contributed by atoms with Gasteiger partial charge in [0.2, 0.25) is 0 Å². The summed E-state index contributed by atoms with van der Waals surface area (Å²) in [5, 5.41) is 2.14. The number of rotatable bonds is 4. The van der Waals surface area contributed by atoms with Gasteiger partial charge in [-0.1, -0.05) is 11.6 Å². The lowest BCUT2D eigenvalue weighted by molar-refractivity contribution is 0.104. The zero-order chi connectivity index (χ0) is 16.5. The standard InChI is InChI=1S/C18H14ClNO2S2/c19-17-2-1-16(24-17)18-13-6-10-23-15(13)4-8-20(18)7-3-14(21)12-5-9-22-11-12/h1-3,5-7,9-11,18H,4,8H2. The molecule has 0 fully saturated rings. The molecule has 0 bridgehead atoms. The second kappa shape index (κ2) is 6.59. The molecule has 0 aliphatic carbocycles. The van der Waals surface area contributed by atoms with Crippen molar-refractivity contribution in [2.24, 2.45) is 0 Å². The first-order chi connectivity index (χ1) is 11.7. The molecule has 0 aromatic carbocycles. The molecule has 0 radical (unpaired) electrons. The van der Waals surface area contributed by atoms with E-state index in [4.69, 9.17) is 16.0 Å². The van der Waals surface area contributed by atoms with E-state index in [1.165, 1.54) is 27.8 Å². The van der Waals surface area contributed by atoms with Crippen molar-refractivity contribution in [2.75, 3.05) is 6.54 Å². The summed E-state index contributed by atoms with van der Waals surface area (Å²) >= 11 is 9.53. The highest BCUT2D eigenvalue weighted by Crippen LogP contribution is 2.41. The number of halogens is 1. The Hall–Kier alpha value is -1.82. The van der Waals surface area contributed by atoms with Crippen molar-refractivity contribution in [3.05, 3.63) is 79.7 Å². The Bertz CT molecular complexity index is 879. The lowest BCUT2D eigenvalue weighted by atomic mass is 9.99. The van der Waals surface area contributed by atoms with Gasteiger partial charge in [-0.25, -0.2) is 0 Å². The fourth-order valence-corrected chi connectivity index (χ4v) is 5.06. The third kappa shape index (κ3) is 2.95. The molecule has 0 saturated heterocycles. The number of nitrogens with zero attached hydrogens (tertiary/aromatic N) is 1. The van der Waals surface area contributed by atoms with Crippen LogP contribution in [-0.4, -0.2) is 17.2 Å². The Morgan fingerprint density at radius 2 is 2.25 bits per heavy atom. The quantitative estimate of drug-likeness (QED) is 0.452. The molecule has 3 aromatic heterocycles. The van der Waals surface area contributed by atoms with E-state index in [0.717, 1.165) is 17.3 Å². The molecule has 1 unspecified atom stereocenters. The Morgan fingerprint density at radius 3 is 3.00 bits per heavy atom. The Kier molecular flexibility index (Phi) is 4.31. The normalized spacial score (nSPS) is 17.4. The predicted molar refractivity (Wildman–Crippen MR) is 98.1 cm³/mol. The highest BCUT2D eigenvalue weighted by Gasteiger charge is 2.29. The maximum Gasteiger partial charge on any atom is 0.190 e. The number of ketones is 1. The van der Waals surface area contributed by atoms with Crippen LogP contribution in [0.25, 0.3) is 0 Å². The molecule has 0 saturated carbocycles. The van der Waals surface area contributed by atoms with Crippen LogP contribution in [0.1, 0.15) is 31.7 Å². The van der Waals surface area contributed by atoms with Crippen molar-refractivity contribution in [3.63, 3.8) is 0 Å². The molecular formula is C18H14ClNO2S2. The second-order valence-corrected chi connectivity index (χ2v) is 8.27. The van der Waals surface area contributed by atoms with Gasteiger partial charge >= 0.3 is 0 Å². The van der Waals surface area contributed by atoms with Gasteiger partial charge in [-0.05, 0) is 41.6 Å². The number of carbonyl (C=O) groups excluding carboxylic acids is 1. The van der Waals surface area contributed by atoms with E-state index < -0.39 is 0 Å². The largest absolute Gasteiger partial charge is 0.472 e. The van der Waals surface area contributed by atoms with Crippen LogP contribution in [0.3, 0.4) is 0 Å². The third-order valence-electron chi connectivity index (χ3n) is 4.09. The molecule has 4 rings (SSSR count). The number of carbonyl (C=O) groups is 1. The van der Waals surface area contributed by atoms with E-state index in [0.29, 0.717) is 5.56 Å². The first kappa shape index (κ1) is 15.7. The van der Waals surface area contributed by atoms with Gasteiger partial charge in [-0.15, -0.1) is 22.7 Å². The predicted octanol–water partition coefficient (Wildman–Crippen LogP) is 5.40. The lowest BCUT2D eigenvalue weighted by Gasteiger charge is -2.34. The van der Waals surface area contributed by atoms with Crippen LogP contribution >= 0.6 is 34.3 Å². The van der Waals surface area contributed by atoms with Crippen molar-refractivity contribution in [3.8, 4) is 0 Å². The maximum absolute atomic E-state index is 12.2. The fourth-order valence-electron chi connectivity index (χ4n) is 2.95. The van der Waals surface area contributed by atoms with Gasteiger partial charge in [0.1, 0.15) is 6.26 Å². The summed E-state index contributed by atoms with van der Waals surface area (Å²) in [5.74, 6) is -0.0529. The monoisotopic (exact) mass is 375 g/mol. The number of hydrogen-bond acceptors (Lipinski definition) is 5. The molecule has 24 heavy (non-hydrogen) atoms. The molecule has 1 atom stereocenters. The van der Waals surface area contributed by atoms with E-state index in [1.54, 1.807) is 34.8 Å². The number of allylic oxidation sites excluding steroid dienone is 1. The molecule has 4 heterocycles. The molecular weight excluding hydrogens is 362 g/mol. The lowest BCUT2D eigenvalue weighted by Crippen LogP contribution is -2.30. The number of fused-ring (bicyclic) bond motifs is 1. The van der Waals surface area contributed by atoms with Crippen LogP contribution in [0, 0.1) is 0 Å². The molecule has 3 nitrogen and oxygen atoms in total. The molecule has 0 spiro atoms. The van der Waals surface area contributed by atoms with Gasteiger partial charge in [0.25, 0.3) is 0 Å². The third-order valence-corrected chi connectivity index (χ3v) is 6.37. The summed E-state index contributed by atoms with van der Waals surface area (Å²) in [5.41, 5.74) is 1.88. The van der Waals surface area contributed by atoms with E-state index in [1.807, 2.05) is 12.3 Å². The zero-order valence-corrected chi connectivity index (χ0v) is 15.0. The highest BCUT2D eigenvalue weighted by molar-refractivity contribution is 7.16. The minimum absolute atomic E-state index is 0.0529. The van der Waals surface area contributed by atoms with E-state index in [9.17, 15) is 4.79 Å². The van der Waals surface area contributed by atoms with Crippen LogP contribution < -0.4 is 0 Å². The second-order valence-electron chi connectivity index (χ2n) is 5.52. The van der Waals surface area contributed by atoms with E-state index in [-0.39, 0.29) is 11.8 Å². The average molecular weight is 376 g/mol. The maximum atomic E-state index is 12.2. The smallest absolute Gasteiger partial charge is 0.190 e. The molecule has 122 valence electrons.